The Morgan fingerprint density at radius 2 is 1.25 bits per heavy atom. The second kappa shape index (κ2) is 7.89. The van der Waals surface area contributed by atoms with Gasteiger partial charge in [0.25, 0.3) is 0 Å². The second-order valence-corrected chi connectivity index (χ2v) is 9.49. The second-order valence-electron chi connectivity index (χ2n) is 6.28. The highest BCUT2D eigenvalue weighted by molar-refractivity contribution is 6.64. The van der Waals surface area contributed by atoms with E-state index in [1.54, 1.807) is 21.3 Å². The molecule has 0 radical (unpaired) electrons. The summed E-state index contributed by atoms with van der Waals surface area (Å²) in [6.45, 7) is 13.2. The van der Waals surface area contributed by atoms with E-state index >= 15 is 0 Å². The van der Waals surface area contributed by atoms with E-state index in [1.165, 1.54) is 0 Å². The average Bonchev–Trinajstić information content (AvgIpc) is 2.38. The molecule has 0 fully saturated rings. The molecule has 0 aliphatic rings. The van der Waals surface area contributed by atoms with E-state index in [9.17, 15) is 0 Å². The number of nitrogens with two attached hydrogens (primary N) is 1. The summed E-state index contributed by atoms with van der Waals surface area (Å²) in [5.74, 6) is 0.990. The van der Waals surface area contributed by atoms with Crippen LogP contribution in [0.1, 0.15) is 48.0 Å². The summed E-state index contributed by atoms with van der Waals surface area (Å²) < 4.78 is 17.7. The van der Waals surface area contributed by atoms with E-state index in [0.29, 0.717) is 11.8 Å². The van der Waals surface area contributed by atoms with Crippen LogP contribution < -0.4 is 5.73 Å². The van der Waals surface area contributed by atoms with Crippen molar-refractivity contribution in [3.8, 4) is 0 Å². The largest absolute Gasteiger partial charge is 0.507 e. The third-order valence-corrected chi connectivity index (χ3v) is 9.13. The van der Waals surface area contributed by atoms with E-state index in [2.05, 4.69) is 41.5 Å². The molecule has 0 saturated heterocycles. The van der Waals surface area contributed by atoms with Crippen LogP contribution in [0.4, 0.5) is 0 Å². The van der Waals surface area contributed by atoms with E-state index in [0.717, 1.165) is 6.42 Å². The highest BCUT2D eigenvalue weighted by atomic mass is 28.4. The highest BCUT2D eigenvalue weighted by Gasteiger charge is 2.66. The normalized spacial score (nSPS) is 16.8. The van der Waals surface area contributed by atoms with Crippen molar-refractivity contribution >= 4 is 8.80 Å². The lowest BCUT2D eigenvalue weighted by Crippen LogP contribution is -2.63. The number of rotatable bonds is 9. The molecular formula is C15H35NO3Si. The van der Waals surface area contributed by atoms with Gasteiger partial charge < -0.3 is 19.0 Å². The molecule has 0 aliphatic carbocycles. The fourth-order valence-electron chi connectivity index (χ4n) is 4.38. The molecule has 0 aromatic rings. The van der Waals surface area contributed by atoms with Crippen LogP contribution >= 0.6 is 0 Å². The lowest BCUT2D eigenvalue weighted by molar-refractivity contribution is 0.0243. The lowest BCUT2D eigenvalue weighted by Gasteiger charge is -2.54. The van der Waals surface area contributed by atoms with Crippen LogP contribution in [0.3, 0.4) is 0 Å². The minimum atomic E-state index is -2.85. The molecule has 0 aromatic heterocycles. The van der Waals surface area contributed by atoms with Gasteiger partial charge in [-0.3, -0.25) is 0 Å². The molecule has 2 atom stereocenters. The molecule has 20 heavy (non-hydrogen) atoms. The summed E-state index contributed by atoms with van der Waals surface area (Å²) in [5, 5.41) is -0.200. The number of hydrogen-bond donors (Lipinski definition) is 1. The smallest absolute Gasteiger partial charge is 0.376 e. The molecule has 4 nitrogen and oxygen atoms in total. The summed E-state index contributed by atoms with van der Waals surface area (Å²) in [6, 6.07) is 0.0668. The van der Waals surface area contributed by atoms with Gasteiger partial charge in [0.1, 0.15) is 0 Å². The molecule has 0 spiro atoms. The molecule has 0 aliphatic heterocycles. The highest BCUT2D eigenvalue weighted by Crippen LogP contribution is 2.59. The van der Waals surface area contributed by atoms with Crippen molar-refractivity contribution in [2.45, 2.75) is 59.0 Å². The molecule has 0 rings (SSSR count). The van der Waals surface area contributed by atoms with Crippen molar-refractivity contribution < 1.29 is 13.3 Å². The molecule has 5 heteroatoms. The fourth-order valence-corrected chi connectivity index (χ4v) is 8.28. The molecule has 0 saturated carbocycles. The van der Waals surface area contributed by atoms with Crippen LogP contribution in [0.5, 0.6) is 0 Å². The van der Waals surface area contributed by atoms with Gasteiger partial charge in [-0.15, -0.1) is 0 Å². The van der Waals surface area contributed by atoms with Crippen molar-refractivity contribution in [3.63, 3.8) is 0 Å². The predicted molar refractivity (Wildman–Crippen MR) is 86.6 cm³/mol. The Morgan fingerprint density at radius 1 is 0.900 bits per heavy atom. The van der Waals surface area contributed by atoms with Gasteiger partial charge in [0.2, 0.25) is 0 Å². The van der Waals surface area contributed by atoms with E-state index in [4.69, 9.17) is 19.0 Å². The third kappa shape index (κ3) is 2.97. The molecular weight excluding hydrogens is 270 g/mol. The first-order chi connectivity index (χ1) is 9.21. The van der Waals surface area contributed by atoms with Crippen molar-refractivity contribution in [1.29, 1.82) is 0 Å². The van der Waals surface area contributed by atoms with Gasteiger partial charge in [-0.25, -0.2) is 0 Å². The Kier molecular flexibility index (Phi) is 7.92. The van der Waals surface area contributed by atoms with Gasteiger partial charge in [-0.05, 0) is 24.7 Å². The van der Waals surface area contributed by atoms with E-state index in [1.807, 2.05) is 0 Å². The van der Waals surface area contributed by atoms with Crippen LogP contribution in [-0.4, -0.2) is 36.2 Å². The van der Waals surface area contributed by atoms with Crippen LogP contribution in [0, 0.1) is 17.8 Å². The summed E-state index contributed by atoms with van der Waals surface area (Å²) in [6.07, 6.45) is 0.985. The zero-order valence-corrected chi connectivity index (χ0v) is 15.8. The van der Waals surface area contributed by atoms with Crippen molar-refractivity contribution in [2.24, 2.45) is 23.5 Å². The van der Waals surface area contributed by atoms with Crippen molar-refractivity contribution in [1.82, 2.24) is 0 Å². The molecule has 0 heterocycles. The van der Waals surface area contributed by atoms with E-state index < -0.39 is 8.80 Å². The summed E-state index contributed by atoms with van der Waals surface area (Å²) in [7, 11) is 2.25. The van der Waals surface area contributed by atoms with Crippen molar-refractivity contribution in [2.75, 3.05) is 21.3 Å². The molecule has 2 N–H and O–H groups in total. The van der Waals surface area contributed by atoms with E-state index in [-0.39, 0.29) is 17.0 Å². The monoisotopic (exact) mass is 305 g/mol. The Hall–Kier alpha value is 0.0569. The summed E-state index contributed by atoms with van der Waals surface area (Å²) >= 11 is 0. The summed E-state index contributed by atoms with van der Waals surface area (Å²) in [5.41, 5.74) is 6.33. The maximum Gasteiger partial charge on any atom is 0.507 e. The molecule has 0 amide bonds. The SMILES string of the molecule is CCC(C(C)N)C(C(C)C)(C(C)C)[Si](OC)(OC)OC. The minimum Gasteiger partial charge on any atom is -0.376 e. The minimum absolute atomic E-state index is 0.0668. The predicted octanol–water partition coefficient (Wildman–Crippen LogP) is 3.29. The molecule has 0 aromatic carbocycles. The number of hydrogen-bond acceptors (Lipinski definition) is 4. The van der Waals surface area contributed by atoms with Crippen LogP contribution in [0.25, 0.3) is 0 Å². The summed E-state index contributed by atoms with van der Waals surface area (Å²) in [4.78, 5) is 0. The van der Waals surface area contributed by atoms with Crippen LogP contribution in [0.15, 0.2) is 0 Å². The van der Waals surface area contributed by atoms with Crippen molar-refractivity contribution in [3.05, 3.63) is 0 Å². The Bertz CT molecular complexity index is 262. The topological polar surface area (TPSA) is 53.7 Å². The lowest BCUT2D eigenvalue weighted by atomic mass is 9.71. The quantitative estimate of drug-likeness (QED) is 0.664. The standard InChI is InChI=1S/C15H35NO3Si/c1-10-14(13(6)16)15(11(2)3,12(4)5)20(17-7,18-8)19-9/h11-14H,10,16H2,1-9H3. The first kappa shape index (κ1) is 20.1. The third-order valence-electron chi connectivity index (χ3n) is 4.94. The van der Waals surface area contributed by atoms with Gasteiger partial charge in [0, 0.05) is 32.4 Å². The van der Waals surface area contributed by atoms with Gasteiger partial charge >= 0.3 is 8.80 Å². The molecule has 0 bridgehead atoms. The van der Waals surface area contributed by atoms with Gasteiger partial charge in [-0.2, -0.15) is 0 Å². The fraction of sp³-hybridized carbons (Fsp3) is 1.00. The van der Waals surface area contributed by atoms with Gasteiger partial charge in [0.05, 0.1) is 0 Å². The maximum absolute atomic E-state index is 6.33. The molecule has 2 unspecified atom stereocenters. The van der Waals surface area contributed by atoms with Gasteiger partial charge in [-0.1, -0.05) is 41.0 Å². The first-order valence-electron chi connectivity index (χ1n) is 7.62. The maximum atomic E-state index is 6.33. The van der Waals surface area contributed by atoms with Crippen LogP contribution in [-0.2, 0) is 13.3 Å². The zero-order chi connectivity index (χ0) is 16.1. The average molecular weight is 306 g/mol. The zero-order valence-electron chi connectivity index (χ0n) is 14.8. The molecule has 122 valence electrons. The van der Waals surface area contributed by atoms with Crippen LogP contribution in [0.2, 0.25) is 5.04 Å². The Morgan fingerprint density at radius 3 is 1.40 bits per heavy atom. The first-order valence-corrected chi connectivity index (χ1v) is 9.35. The Labute approximate surface area is 126 Å². The van der Waals surface area contributed by atoms with Gasteiger partial charge in [0.15, 0.2) is 0 Å². The Balaban J connectivity index is 6.28.